The molecule has 1 saturated carbocycles. The van der Waals surface area contributed by atoms with E-state index in [4.69, 9.17) is 5.73 Å². The minimum atomic E-state index is 0.315. The summed E-state index contributed by atoms with van der Waals surface area (Å²) in [5.41, 5.74) is 11.4. The second-order valence-electron chi connectivity index (χ2n) is 5.43. The highest BCUT2D eigenvalue weighted by Crippen LogP contribution is 2.29. The smallest absolute Gasteiger partial charge is 0.0447 e. The van der Waals surface area contributed by atoms with E-state index in [1.807, 2.05) is 0 Å². The maximum Gasteiger partial charge on any atom is 0.0447 e. The van der Waals surface area contributed by atoms with E-state index in [-0.39, 0.29) is 0 Å². The van der Waals surface area contributed by atoms with Gasteiger partial charge in [0.15, 0.2) is 0 Å². The molecule has 0 saturated heterocycles. The topological polar surface area (TPSA) is 38.0 Å². The van der Waals surface area contributed by atoms with Gasteiger partial charge in [0.25, 0.3) is 0 Å². The first-order chi connectivity index (χ1) is 8.11. The molecular weight excluding hydrogens is 208 g/mol. The summed E-state index contributed by atoms with van der Waals surface area (Å²) in [6.45, 7) is 8.32. The van der Waals surface area contributed by atoms with Crippen molar-refractivity contribution in [2.75, 3.05) is 13.1 Å². The highest BCUT2D eigenvalue weighted by molar-refractivity contribution is 5.38. The van der Waals surface area contributed by atoms with Crippen LogP contribution in [-0.2, 0) is 0 Å². The van der Waals surface area contributed by atoms with E-state index in [0.717, 1.165) is 12.5 Å². The Hall–Kier alpha value is -0.860. The Morgan fingerprint density at radius 2 is 1.82 bits per heavy atom. The van der Waals surface area contributed by atoms with E-state index >= 15 is 0 Å². The molecule has 1 aliphatic carbocycles. The Bertz CT molecular complexity index is 394. The van der Waals surface area contributed by atoms with Gasteiger partial charge >= 0.3 is 0 Å². The van der Waals surface area contributed by atoms with Gasteiger partial charge in [-0.15, -0.1) is 0 Å². The molecule has 17 heavy (non-hydrogen) atoms. The monoisotopic (exact) mass is 232 g/mol. The van der Waals surface area contributed by atoms with Crippen LogP contribution >= 0.6 is 0 Å². The first kappa shape index (κ1) is 12.6. The predicted octanol–water partition coefficient (Wildman–Crippen LogP) is 2.61. The fraction of sp³-hybridized carbons (Fsp3) is 0.600. The molecule has 1 aromatic rings. The Labute approximate surface area is 105 Å². The summed E-state index contributed by atoms with van der Waals surface area (Å²) < 4.78 is 0. The third kappa shape index (κ3) is 3.08. The summed E-state index contributed by atoms with van der Waals surface area (Å²) >= 11 is 0. The molecule has 3 N–H and O–H groups in total. The summed E-state index contributed by atoms with van der Waals surface area (Å²) in [5, 5.41) is 3.61. The van der Waals surface area contributed by atoms with Crippen molar-refractivity contribution in [3.63, 3.8) is 0 Å². The molecule has 0 heterocycles. The standard InChI is InChI=1S/C15H24N2/c1-10-6-12(3)14(7-11(10)2)15(8-16)17-9-13-4-5-13/h6-7,13,15,17H,4-5,8-9,16H2,1-3H3. The van der Waals surface area contributed by atoms with Crippen LogP contribution in [0.25, 0.3) is 0 Å². The van der Waals surface area contributed by atoms with E-state index in [1.165, 1.54) is 35.1 Å². The quantitative estimate of drug-likeness (QED) is 0.819. The zero-order valence-corrected chi connectivity index (χ0v) is 11.2. The summed E-state index contributed by atoms with van der Waals surface area (Å²) in [7, 11) is 0. The lowest BCUT2D eigenvalue weighted by atomic mass is 9.95. The number of hydrogen-bond acceptors (Lipinski definition) is 2. The maximum absolute atomic E-state index is 5.91. The van der Waals surface area contributed by atoms with Gasteiger partial charge in [0, 0.05) is 12.6 Å². The van der Waals surface area contributed by atoms with Crippen molar-refractivity contribution in [3.05, 3.63) is 34.4 Å². The fourth-order valence-corrected chi connectivity index (χ4v) is 2.31. The molecule has 2 heteroatoms. The number of nitrogens with one attached hydrogen (secondary N) is 1. The normalized spacial score (nSPS) is 17.2. The molecule has 1 fully saturated rings. The van der Waals surface area contributed by atoms with Gasteiger partial charge in [0.1, 0.15) is 0 Å². The second kappa shape index (κ2) is 5.19. The molecule has 1 aromatic carbocycles. The van der Waals surface area contributed by atoms with E-state index in [2.05, 4.69) is 38.2 Å². The van der Waals surface area contributed by atoms with Gasteiger partial charge in [-0.1, -0.05) is 12.1 Å². The SMILES string of the molecule is Cc1cc(C)c(C(CN)NCC2CC2)cc1C. The number of nitrogens with two attached hydrogens (primary N) is 1. The Kier molecular flexibility index (Phi) is 3.85. The van der Waals surface area contributed by atoms with Crippen molar-refractivity contribution in [2.45, 2.75) is 39.7 Å². The molecule has 0 bridgehead atoms. The minimum absolute atomic E-state index is 0.315. The van der Waals surface area contributed by atoms with Crippen LogP contribution in [0.2, 0.25) is 0 Å². The number of rotatable bonds is 5. The predicted molar refractivity (Wildman–Crippen MR) is 73.2 cm³/mol. The third-order valence-electron chi connectivity index (χ3n) is 3.84. The van der Waals surface area contributed by atoms with Crippen molar-refractivity contribution in [1.29, 1.82) is 0 Å². The lowest BCUT2D eigenvalue weighted by molar-refractivity contribution is 0.520. The van der Waals surface area contributed by atoms with Crippen LogP contribution in [0, 0.1) is 26.7 Å². The lowest BCUT2D eigenvalue weighted by Gasteiger charge is -2.20. The van der Waals surface area contributed by atoms with E-state index in [0.29, 0.717) is 12.6 Å². The van der Waals surface area contributed by atoms with Gasteiger partial charge < -0.3 is 11.1 Å². The van der Waals surface area contributed by atoms with Crippen LogP contribution in [0.1, 0.15) is 41.1 Å². The number of aryl methyl sites for hydroxylation is 3. The maximum atomic E-state index is 5.91. The first-order valence-corrected chi connectivity index (χ1v) is 6.63. The van der Waals surface area contributed by atoms with Gasteiger partial charge in [0.2, 0.25) is 0 Å². The lowest BCUT2D eigenvalue weighted by Crippen LogP contribution is -2.30. The Morgan fingerprint density at radius 3 is 2.41 bits per heavy atom. The molecule has 1 unspecified atom stereocenters. The molecular formula is C15H24N2. The average molecular weight is 232 g/mol. The van der Waals surface area contributed by atoms with Gasteiger partial charge in [-0.2, -0.15) is 0 Å². The van der Waals surface area contributed by atoms with Crippen LogP contribution in [0.5, 0.6) is 0 Å². The Morgan fingerprint density at radius 1 is 1.18 bits per heavy atom. The van der Waals surface area contributed by atoms with E-state index in [1.54, 1.807) is 0 Å². The molecule has 0 aliphatic heterocycles. The summed E-state index contributed by atoms with van der Waals surface area (Å²) in [6.07, 6.45) is 2.77. The van der Waals surface area contributed by atoms with Gasteiger partial charge in [-0.05, 0) is 68.3 Å². The molecule has 1 atom stereocenters. The van der Waals surface area contributed by atoms with Crippen molar-refractivity contribution in [1.82, 2.24) is 5.32 Å². The van der Waals surface area contributed by atoms with Crippen molar-refractivity contribution in [3.8, 4) is 0 Å². The summed E-state index contributed by atoms with van der Waals surface area (Å²) in [6, 6.07) is 4.88. The molecule has 0 spiro atoms. The van der Waals surface area contributed by atoms with Crippen LogP contribution < -0.4 is 11.1 Å². The minimum Gasteiger partial charge on any atom is -0.329 e. The molecule has 94 valence electrons. The molecule has 2 nitrogen and oxygen atoms in total. The molecule has 0 aromatic heterocycles. The first-order valence-electron chi connectivity index (χ1n) is 6.63. The van der Waals surface area contributed by atoms with Crippen LogP contribution in [-0.4, -0.2) is 13.1 Å². The van der Waals surface area contributed by atoms with E-state index in [9.17, 15) is 0 Å². The average Bonchev–Trinajstić information content (AvgIpc) is 3.09. The molecule has 1 aliphatic rings. The van der Waals surface area contributed by atoms with Crippen molar-refractivity contribution < 1.29 is 0 Å². The second-order valence-corrected chi connectivity index (χ2v) is 5.43. The number of hydrogen-bond donors (Lipinski definition) is 2. The largest absolute Gasteiger partial charge is 0.329 e. The van der Waals surface area contributed by atoms with Crippen LogP contribution in [0.15, 0.2) is 12.1 Å². The third-order valence-corrected chi connectivity index (χ3v) is 3.84. The van der Waals surface area contributed by atoms with E-state index < -0.39 is 0 Å². The molecule has 0 amide bonds. The molecule has 2 rings (SSSR count). The summed E-state index contributed by atoms with van der Waals surface area (Å²) in [5.74, 6) is 0.899. The zero-order chi connectivity index (χ0) is 12.4. The van der Waals surface area contributed by atoms with Crippen LogP contribution in [0.3, 0.4) is 0 Å². The van der Waals surface area contributed by atoms with Crippen molar-refractivity contribution in [2.24, 2.45) is 11.7 Å². The Balaban J connectivity index is 2.13. The van der Waals surface area contributed by atoms with Crippen molar-refractivity contribution >= 4 is 0 Å². The molecule has 0 radical (unpaired) electrons. The highest BCUT2D eigenvalue weighted by atomic mass is 14.9. The van der Waals surface area contributed by atoms with Gasteiger partial charge in [-0.3, -0.25) is 0 Å². The van der Waals surface area contributed by atoms with Gasteiger partial charge in [0.05, 0.1) is 0 Å². The fourth-order valence-electron chi connectivity index (χ4n) is 2.31. The zero-order valence-electron chi connectivity index (χ0n) is 11.2. The van der Waals surface area contributed by atoms with Gasteiger partial charge in [-0.25, -0.2) is 0 Å². The van der Waals surface area contributed by atoms with Crippen LogP contribution in [0.4, 0.5) is 0 Å². The highest BCUT2D eigenvalue weighted by Gasteiger charge is 2.22. The summed E-state index contributed by atoms with van der Waals surface area (Å²) in [4.78, 5) is 0. The number of benzene rings is 1.